The Labute approximate surface area is 124 Å². The van der Waals surface area contributed by atoms with Gasteiger partial charge >= 0.3 is 0 Å². The first-order valence-corrected chi connectivity index (χ1v) is 7.38. The summed E-state index contributed by atoms with van der Waals surface area (Å²) in [6, 6.07) is 4.08. The standard InChI is InChI=1S/C14H13F2N3OS/c1-6-10-12(8-4-3-5-9(15)11(8)16)21-7(2)14(20)17-13(10)19-18-6/h3-5,7,12H,1-2H3,(H2,17,18,19,20)/t7-,12+/m0/s1. The fraction of sp³-hybridized carbons (Fsp3) is 0.286. The molecule has 2 heterocycles. The molecule has 2 aromatic rings. The number of aromatic nitrogens is 2. The van der Waals surface area contributed by atoms with Crippen molar-refractivity contribution >= 4 is 23.5 Å². The van der Waals surface area contributed by atoms with E-state index in [1.54, 1.807) is 13.8 Å². The zero-order valence-electron chi connectivity index (χ0n) is 11.4. The summed E-state index contributed by atoms with van der Waals surface area (Å²) >= 11 is 1.27. The molecular formula is C14H13F2N3OS. The topological polar surface area (TPSA) is 57.8 Å². The number of carbonyl (C=O) groups excluding carboxylic acids is 1. The molecule has 1 aliphatic heterocycles. The predicted octanol–water partition coefficient (Wildman–Crippen LogP) is 3.16. The number of anilines is 1. The molecule has 0 fully saturated rings. The fourth-order valence-corrected chi connectivity index (χ4v) is 3.70. The van der Waals surface area contributed by atoms with Crippen molar-refractivity contribution in [3.05, 3.63) is 46.7 Å². The highest BCUT2D eigenvalue weighted by Crippen LogP contribution is 2.45. The van der Waals surface area contributed by atoms with Gasteiger partial charge in [0.1, 0.15) is 0 Å². The van der Waals surface area contributed by atoms with Crippen LogP contribution in [-0.4, -0.2) is 21.4 Å². The number of benzene rings is 1. The SMILES string of the molecule is Cc1[nH]nc2c1[C@@H](c1cccc(F)c1F)S[C@@H](C)C(=O)N2. The van der Waals surface area contributed by atoms with E-state index < -0.39 is 22.1 Å². The van der Waals surface area contributed by atoms with Crippen LogP contribution in [0.4, 0.5) is 14.6 Å². The van der Waals surface area contributed by atoms with E-state index in [0.29, 0.717) is 11.4 Å². The lowest BCUT2D eigenvalue weighted by molar-refractivity contribution is -0.115. The molecule has 2 atom stereocenters. The van der Waals surface area contributed by atoms with Crippen LogP contribution in [0.5, 0.6) is 0 Å². The Bertz CT molecular complexity index is 716. The first-order chi connectivity index (χ1) is 9.99. The number of halogens is 2. The lowest BCUT2D eigenvalue weighted by Gasteiger charge is -2.18. The van der Waals surface area contributed by atoms with Crippen molar-refractivity contribution in [3.8, 4) is 0 Å². The average Bonchev–Trinajstić information content (AvgIpc) is 2.74. The Morgan fingerprint density at radius 1 is 1.33 bits per heavy atom. The van der Waals surface area contributed by atoms with E-state index in [-0.39, 0.29) is 11.5 Å². The second kappa shape index (κ2) is 5.14. The molecule has 1 aliphatic rings. The lowest BCUT2D eigenvalue weighted by atomic mass is 10.0. The molecule has 21 heavy (non-hydrogen) atoms. The maximum atomic E-state index is 14.2. The van der Waals surface area contributed by atoms with E-state index in [1.165, 1.54) is 23.9 Å². The minimum atomic E-state index is -0.896. The fourth-order valence-electron chi connectivity index (χ4n) is 2.36. The van der Waals surface area contributed by atoms with Gasteiger partial charge in [0.2, 0.25) is 5.91 Å². The van der Waals surface area contributed by atoms with E-state index in [2.05, 4.69) is 15.5 Å². The number of fused-ring (bicyclic) bond motifs is 1. The van der Waals surface area contributed by atoms with Crippen molar-refractivity contribution in [2.24, 2.45) is 0 Å². The Hall–Kier alpha value is -1.89. The van der Waals surface area contributed by atoms with Crippen molar-refractivity contribution in [2.45, 2.75) is 24.3 Å². The normalized spacial score (nSPS) is 21.6. The third-order valence-electron chi connectivity index (χ3n) is 3.47. The summed E-state index contributed by atoms with van der Waals surface area (Å²) in [5, 5.41) is 8.64. The summed E-state index contributed by atoms with van der Waals surface area (Å²) < 4.78 is 27.7. The van der Waals surface area contributed by atoms with Gasteiger partial charge in [-0.1, -0.05) is 12.1 Å². The van der Waals surface area contributed by atoms with Crippen LogP contribution < -0.4 is 5.32 Å². The van der Waals surface area contributed by atoms with Gasteiger partial charge in [0.15, 0.2) is 17.5 Å². The summed E-state index contributed by atoms with van der Waals surface area (Å²) in [5.74, 6) is -1.61. The van der Waals surface area contributed by atoms with Gasteiger partial charge in [-0.15, -0.1) is 11.8 Å². The Morgan fingerprint density at radius 2 is 2.10 bits per heavy atom. The van der Waals surface area contributed by atoms with Gasteiger partial charge in [-0.05, 0) is 19.9 Å². The number of nitrogens with one attached hydrogen (secondary N) is 2. The summed E-state index contributed by atoms with van der Waals surface area (Å²) in [6.45, 7) is 3.52. The molecule has 0 bridgehead atoms. The largest absolute Gasteiger partial charge is 0.308 e. The summed E-state index contributed by atoms with van der Waals surface area (Å²) in [4.78, 5) is 12.0. The Balaban J connectivity index is 2.18. The maximum Gasteiger partial charge on any atom is 0.238 e. The van der Waals surface area contributed by atoms with Gasteiger partial charge in [-0.2, -0.15) is 5.10 Å². The highest BCUT2D eigenvalue weighted by atomic mass is 32.2. The molecule has 1 aromatic carbocycles. The minimum Gasteiger partial charge on any atom is -0.308 e. The molecule has 3 rings (SSSR count). The van der Waals surface area contributed by atoms with E-state index in [9.17, 15) is 13.6 Å². The number of amides is 1. The van der Waals surface area contributed by atoms with Gasteiger partial charge in [-0.25, -0.2) is 8.78 Å². The molecule has 1 aromatic heterocycles. The number of hydrogen-bond acceptors (Lipinski definition) is 3. The van der Waals surface area contributed by atoms with Crippen LogP contribution >= 0.6 is 11.8 Å². The monoisotopic (exact) mass is 309 g/mol. The number of aromatic amines is 1. The summed E-state index contributed by atoms with van der Waals surface area (Å²) in [7, 11) is 0. The minimum absolute atomic E-state index is 0.202. The molecule has 0 aliphatic carbocycles. The molecular weight excluding hydrogens is 296 g/mol. The molecule has 7 heteroatoms. The van der Waals surface area contributed by atoms with Crippen molar-refractivity contribution in [2.75, 3.05) is 5.32 Å². The Morgan fingerprint density at radius 3 is 2.86 bits per heavy atom. The van der Waals surface area contributed by atoms with Gasteiger partial charge in [0.25, 0.3) is 0 Å². The molecule has 0 spiro atoms. The number of hydrogen-bond donors (Lipinski definition) is 2. The van der Waals surface area contributed by atoms with Crippen molar-refractivity contribution < 1.29 is 13.6 Å². The molecule has 0 saturated carbocycles. The number of nitrogens with zero attached hydrogens (tertiary/aromatic N) is 1. The van der Waals surface area contributed by atoms with Crippen LogP contribution in [-0.2, 0) is 4.79 Å². The van der Waals surface area contributed by atoms with Crippen LogP contribution in [0.1, 0.15) is 29.0 Å². The number of carbonyl (C=O) groups is 1. The first-order valence-electron chi connectivity index (χ1n) is 6.44. The zero-order chi connectivity index (χ0) is 15.1. The average molecular weight is 309 g/mol. The van der Waals surface area contributed by atoms with Crippen LogP contribution in [0.15, 0.2) is 18.2 Å². The van der Waals surface area contributed by atoms with Crippen molar-refractivity contribution in [3.63, 3.8) is 0 Å². The summed E-state index contributed by atoms with van der Waals surface area (Å²) in [6.07, 6.45) is 0. The van der Waals surface area contributed by atoms with Crippen LogP contribution in [0.2, 0.25) is 0 Å². The van der Waals surface area contributed by atoms with Gasteiger partial charge in [0.05, 0.1) is 10.5 Å². The van der Waals surface area contributed by atoms with E-state index >= 15 is 0 Å². The number of thioether (sulfide) groups is 1. The zero-order valence-corrected chi connectivity index (χ0v) is 12.2. The predicted molar refractivity (Wildman–Crippen MR) is 77.2 cm³/mol. The van der Waals surface area contributed by atoms with E-state index in [1.807, 2.05) is 0 Å². The number of aryl methyl sites for hydroxylation is 1. The van der Waals surface area contributed by atoms with Gasteiger partial charge in [0, 0.05) is 16.8 Å². The molecule has 2 N–H and O–H groups in total. The van der Waals surface area contributed by atoms with E-state index in [4.69, 9.17) is 0 Å². The summed E-state index contributed by atoms with van der Waals surface area (Å²) in [5.41, 5.74) is 1.62. The quantitative estimate of drug-likeness (QED) is 0.851. The third kappa shape index (κ3) is 2.31. The third-order valence-corrected chi connectivity index (χ3v) is 4.86. The molecule has 110 valence electrons. The van der Waals surface area contributed by atoms with Crippen LogP contribution in [0.3, 0.4) is 0 Å². The molecule has 0 radical (unpaired) electrons. The molecule has 0 unspecified atom stereocenters. The highest BCUT2D eigenvalue weighted by Gasteiger charge is 2.33. The Kier molecular flexibility index (Phi) is 3.44. The number of rotatable bonds is 1. The molecule has 0 saturated heterocycles. The lowest BCUT2D eigenvalue weighted by Crippen LogP contribution is -2.21. The van der Waals surface area contributed by atoms with Crippen molar-refractivity contribution in [1.29, 1.82) is 0 Å². The van der Waals surface area contributed by atoms with E-state index in [0.717, 1.165) is 11.8 Å². The maximum absolute atomic E-state index is 14.2. The van der Waals surface area contributed by atoms with Gasteiger partial charge in [-0.3, -0.25) is 9.89 Å². The smallest absolute Gasteiger partial charge is 0.238 e. The number of H-pyrrole nitrogens is 1. The van der Waals surface area contributed by atoms with Gasteiger partial charge < -0.3 is 5.32 Å². The molecule has 4 nitrogen and oxygen atoms in total. The highest BCUT2D eigenvalue weighted by molar-refractivity contribution is 8.01. The molecule has 1 amide bonds. The second-order valence-electron chi connectivity index (χ2n) is 4.90. The van der Waals surface area contributed by atoms with Crippen molar-refractivity contribution in [1.82, 2.24) is 10.2 Å². The first kappa shape index (κ1) is 14.1. The second-order valence-corrected chi connectivity index (χ2v) is 6.35. The van der Waals surface area contributed by atoms with Crippen LogP contribution in [0, 0.1) is 18.6 Å². The van der Waals surface area contributed by atoms with Crippen LogP contribution in [0.25, 0.3) is 0 Å².